The van der Waals surface area contributed by atoms with Crippen LogP contribution < -0.4 is 4.90 Å². The highest BCUT2D eigenvalue weighted by atomic mass is 16.7. The highest BCUT2D eigenvalue weighted by molar-refractivity contribution is 5.91. The van der Waals surface area contributed by atoms with Crippen molar-refractivity contribution in [1.82, 2.24) is 0 Å². The van der Waals surface area contributed by atoms with E-state index in [1.54, 1.807) is 6.92 Å². The van der Waals surface area contributed by atoms with E-state index in [-0.39, 0.29) is 25.9 Å². The number of hydrogen-bond donors (Lipinski definition) is 0. The standard InChI is InChI=1S/C27H30N2O6/c1-3-33-25(31)27(13-14-28)21-11-7-8-12-22(21)29(19-20-9-5-4-6-10-20)23(27)17-26(18-24(30)32-2)34-15-16-35-26/h4-12,23H,3,13,15-19H2,1-2H3/t23-,27-/m1/s1. The van der Waals surface area contributed by atoms with Crippen molar-refractivity contribution in [2.24, 2.45) is 0 Å². The molecule has 0 amide bonds. The van der Waals surface area contributed by atoms with Gasteiger partial charge in [-0.25, -0.2) is 0 Å². The van der Waals surface area contributed by atoms with E-state index in [2.05, 4.69) is 11.0 Å². The SMILES string of the molecule is CCOC(=O)[C@]1(CC#N)c2ccccc2N(Cc2ccccc2)[C@@H]1CC1(CC(=O)OC)OCCO1. The zero-order valence-electron chi connectivity index (χ0n) is 20.1. The number of esters is 2. The molecule has 2 aromatic rings. The summed E-state index contributed by atoms with van der Waals surface area (Å²) in [4.78, 5) is 28.1. The van der Waals surface area contributed by atoms with Crippen molar-refractivity contribution in [2.45, 2.75) is 50.0 Å². The fourth-order valence-corrected chi connectivity index (χ4v) is 5.27. The van der Waals surface area contributed by atoms with Gasteiger partial charge in [0.05, 0.1) is 51.9 Å². The Labute approximate surface area is 205 Å². The van der Waals surface area contributed by atoms with E-state index in [1.807, 2.05) is 54.6 Å². The highest BCUT2D eigenvalue weighted by Crippen LogP contribution is 2.52. The van der Waals surface area contributed by atoms with Gasteiger partial charge in [-0.05, 0) is 24.1 Å². The van der Waals surface area contributed by atoms with Crippen molar-refractivity contribution in [2.75, 3.05) is 31.8 Å². The lowest BCUT2D eigenvalue weighted by Crippen LogP contribution is -2.54. The Hall–Kier alpha value is -3.41. The zero-order chi connectivity index (χ0) is 24.9. The summed E-state index contributed by atoms with van der Waals surface area (Å²) in [5.41, 5.74) is 1.33. The summed E-state index contributed by atoms with van der Waals surface area (Å²) in [5.74, 6) is -2.22. The molecular weight excluding hydrogens is 448 g/mol. The predicted molar refractivity (Wildman–Crippen MR) is 127 cm³/mol. The van der Waals surface area contributed by atoms with Crippen molar-refractivity contribution in [1.29, 1.82) is 5.26 Å². The molecule has 0 N–H and O–H groups in total. The molecule has 1 fully saturated rings. The van der Waals surface area contributed by atoms with Gasteiger partial charge in [0.1, 0.15) is 5.41 Å². The predicted octanol–water partition coefficient (Wildman–Crippen LogP) is 3.49. The Kier molecular flexibility index (Phi) is 7.39. The van der Waals surface area contributed by atoms with Crippen molar-refractivity contribution in [3.05, 3.63) is 65.7 Å². The van der Waals surface area contributed by atoms with Crippen molar-refractivity contribution in [3.8, 4) is 6.07 Å². The molecule has 1 saturated heterocycles. The van der Waals surface area contributed by atoms with Crippen LogP contribution in [0.15, 0.2) is 54.6 Å². The fourth-order valence-electron chi connectivity index (χ4n) is 5.27. The van der Waals surface area contributed by atoms with E-state index in [1.165, 1.54) is 7.11 Å². The van der Waals surface area contributed by atoms with Crippen LogP contribution in [-0.4, -0.2) is 50.7 Å². The monoisotopic (exact) mass is 478 g/mol. The molecule has 0 aliphatic carbocycles. The third-order valence-electron chi connectivity index (χ3n) is 6.79. The number of para-hydroxylation sites is 1. The van der Waals surface area contributed by atoms with Gasteiger partial charge in [0.2, 0.25) is 0 Å². The molecule has 8 heteroatoms. The van der Waals surface area contributed by atoms with Crippen LogP contribution >= 0.6 is 0 Å². The lowest BCUT2D eigenvalue weighted by molar-refractivity contribution is -0.188. The summed E-state index contributed by atoms with van der Waals surface area (Å²) >= 11 is 0. The molecule has 4 rings (SSSR count). The number of rotatable bonds is 9. The Morgan fingerprint density at radius 1 is 1.11 bits per heavy atom. The first-order valence-electron chi connectivity index (χ1n) is 11.8. The van der Waals surface area contributed by atoms with E-state index in [0.29, 0.717) is 19.8 Å². The minimum absolute atomic E-state index is 0.0902. The van der Waals surface area contributed by atoms with Crippen LogP contribution in [-0.2, 0) is 40.5 Å². The average Bonchev–Trinajstić information content (AvgIpc) is 3.42. The minimum atomic E-state index is -1.28. The first-order valence-corrected chi connectivity index (χ1v) is 11.8. The number of nitrogens with zero attached hydrogens (tertiary/aromatic N) is 2. The number of nitriles is 1. The summed E-state index contributed by atoms with van der Waals surface area (Å²) in [6, 6.07) is 19.2. The van der Waals surface area contributed by atoms with E-state index in [9.17, 15) is 14.9 Å². The Balaban J connectivity index is 1.86. The number of anilines is 1. The van der Waals surface area contributed by atoms with Gasteiger partial charge < -0.3 is 23.8 Å². The number of hydrogen-bond acceptors (Lipinski definition) is 8. The van der Waals surface area contributed by atoms with Crippen LogP contribution in [0.4, 0.5) is 5.69 Å². The number of methoxy groups -OCH3 is 1. The van der Waals surface area contributed by atoms with Gasteiger partial charge in [-0.1, -0.05) is 48.5 Å². The second-order valence-corrected chi connectivity index (χ2v) is 8.74. The summed E-state index contributed by atoms with van der Waals surface area (Å²) < 4.78 is 22.5. The van der Waals surface area contributed by atoms with Gasteiger partial charge in [-0.2, -0.15) is 5.26 Å². The van der Waals surface area contributed by atoms with Crippen LogP contribution in [0.2, 0.25) is 0 Å². The van der Waals surface area contributed by atoms with Crippen LogP contribution in [0.3, 0.4) is 0 Å². The smallest absolute Gasteiger partial charge is 0.319 e. The molecule has 0 aromatic heterocycles. The number of ether oxygens (including phenoxy) is 4. The summed E-state index contributed by atoms with van der Waals surface area (Å²) in [6.07, 6.45) is -0.0435. The first-order chi connectivity index (χ1) is 17.0. The molecule has 2 atom stereocenters. The number of benzene rings is 2. The van der Waals surface area contributed by atoms with Gasteiger partial charge in [0.15, 0.2) is 5.79 Å². The van der Waals surface area contributed by atoms with E-state index in [4.69, 9.17) is 18.9 Å². The summed E-state index contributed by atoms with van der Waals surface area (Å²) in [6.45, 7) is 3.06. The molecule has 0 radical (unpaired) electrons. The Morgan fingerprint density at radius 3 is 2.46 bits per heavy atom. The van der Waals surface area contributed by atoms with Crippen molar-refractivity contribution >= 4 is 17.6 Å². The van der Waals surface area contributed by atoms with Gasteiger partial charge >= 0.3 is 11.9 Å². The topological polar surface area (TPSA) is 98.1 Å². The Bertz CT molecular complexity index is 1090. The maximum atomic E-state index is 13.7. The minimum Gasteiger partial charge on any atom is -0.469 e. The average molecular weight is 479 g/mol. The molecule has 2 aromatic carbocycles. The van der Waals surface area contributed by atoms with Crippen LogP contribution in [0.1, 0.15) is 37.3 Å². The highest BCUT2D eigenvalue weighted by Gasteiger charge is 2.60. The van der Waals surface area contributed by atoms with Crippen LogP contribution in [0.5, 0.6) is 0 Å². The zero-order valence-corrected chi connectivity index (χ0v) is 20.1. The van der Waals surface area contributed by atoms with E-state index in [0.717, 1.165) is 16.8 Å². The van der Waals surface area contributed by atoms with Gasteiger partial charge in [-0.15, -0.1) is 0 Å². The number of carbonyl (C=O) groups excluding carboxylic acids is 2. The normalized spacial score (nSPS) is 22.3. The third kappa shape index (κ3) is 4.62. The van der Waals surface area contributed by atoms with E-state index < -0.39 is 29.2 Å². The molecule has 0 spiro atoms. The number of fused-ring (bicyclic) bond motifs is 1. The first kappa shape index (κ1) is 24.7. The molecule has 2 heterocycles. The molecule has 0 unspecified atom stereocenters. The quantitative estimate of drug-likeness (QED) is 0.505. The summed E-state index contributed by atoms with van der Waals surface area (Å²) in [7, 11) is 1.32. The molecular formula is C27H30N2O6. The second-order valence-electron chi connectivity index (χ2n) is 8.74. The molecule has 8 nitrogen and oxygen atoms in total. The van der Waals surface area contributed by atoms with Gasteiger partial charge in [0.25, 0.3) is 0 Å². The maximum Gasteiger partial charge on any atom is 0.319 e. The number of carbonyl (C=O) groups is 2. The second kappa shape index (κ2) is 10.5. The van der Waals surface area contributed by atoms with Crippen molar-refractivity contribution in [3.63, 3.8) is 0 Å². The van der Waals surface area contributed by atoms with Crippen LogP contribution in [0.25, 0.3) is 0 Å². The van der Waals surface area contributed by atoms with Gasteiger partial charge in [-0.3, -0.25) is 9.59 Å². The van der Waals surface area contributed by atoms with E-state index >= 15 is 0 Å². The van der Waals surface area contributed by atoms with Crippen LogP contribution in [0, 0.1) is 11.3 Å². The largest absolute Gasteiger partial charge is 0.469 e. The summed E-state index contributed by atoms with van der Waals surface area (Å²) in [5, 5.41) is 9.92. The fraction of sp³-hybridized carbons (Fsp3) is 0.444. The third-order valence-corrected chi connectivity index (χ3v) is 6.79. The molecule has 184 valence electrons. The molecule has 2 aliphatic rings. The lowest BCUT2D eigenvalue weighted by atomic mass is 9.71. The molecule has 35 heavy (non-hydrogen) atoms. The molecule has 0 saturated carbocycles. The van der Waals surface area contributed by atoms with Gasteiger partial charge in [0, 0.05) is 18.7 Å². The maximum absolute atomic E-state index is 13.7. The Morgan fingerprint density at radius 2 is 1.80 bits per heavy atom. The lowest BCUT2D eigenvalue weighted by Gasteiger charge is -2.40. The van der Waals surface area contributed by atoms with Crippen molar-refractivity contribution < 1.29 is 28.5 Å². The molecule has 2 aliphatic heterocycles. The molecule has 0 bridgehead atoms.